The van der Waals surface area contributed by atoms with E-state index in [1.807, 2.05) is 30.3 Å². The number of carbonyl (C=O) groups excluding carboxylic acids is 3. The molecule has 0 radical (unpaired) electrons. The lowest BCUT2D eigenvalue weighted by molar-refractivity contribution is -0.123. The van der Waals surface area contributed by atoms with Crippen molar-refractivity contribution in [2.75, 3.05) is 10.6 Å². The molecule has 2 aromatic carbocycles. The van der Waals surface area contributed by atoms with Crippen LogP contribution in [-0.4, -0.2) is 28.7 Å². The van der Waals surface area contributed by atoms with Crippen LogP contribution in [0.3, 0.4) is 0 Å². The van der Waals surface area contributed by atoms with Crippen LogP contribution in [0, 0.1) is 0 Å². The van der Waals surface area contributed by atoms with Gasteiger partial charge in [0.2, 0.25) is 17.7 Å². The van der Waals surface area contributed by atoms with Crippen LogP contribution in [0.2, 0.25) is 0 Å². The van der Waals surface area contributed by atoms with Gasteiger partial charge in [-0.25, -0.2) is 4.98 Å². The third-order valence-corrected chi connectivity index (χ3v) is 4.85. The number of benzene rings is 2. The van der Waals surface area contributed by atoms with Crippen molar-refractivity contribution in [3.63, 3.8) is 0 Å². The Morgan fingerprint density at radius 3 is 2.55 bits per heavy atom. The summed E-state index contributed by atoms with van der Waals surface area (Å²) in [5.41, 5.74) is 2.27. The lowest BCUT2D eigenvalue weighted by Crippen LogP contribution is -2.40. The Kier molecular flexibility index (Phi) is 6.36. The molecule has 1 heterocycles. The number of anilines is 2. The summed E-state index contributed by atoms with van der Waals surface area (Å²) in [5, 5.41) is 8.47. The van der Waals surface area contributed by atoms with Crippen LogP contribution in [0.25, 0.3) is 16.3 Å². The summed E-state index contributed by atoms with van der Waals surface area (Å²) in [4.78, 5) is 39.9. The molecule has 29 heavy (non-hydrogen) atoms. The molecule has 3 amide bonds. The van der Waals surface area contributed by atoms with Crippen molar-refractivity contribution in [1.82, 2.24) is 10.3 Å². The second-order valence-corrected chi connectivity index (χ2v) is 7.38. The lowest BCUT2D eigenvalue weighted by atomic mass is 10.2. The van der Waals surface area contributed by atoms with Crippen LogP contribution in [0.15, 0.2) is 54.6 Å². The largest absolute Gasteiger partial charge is 0.341 e. The Bertz CT molecular complexity index is 1080. The topological polar surface area (TPSA) is 100 Å². The molecule has 0 bridgehead atoms. The first-order valence-corrected chi connectivity index (χ1v) is 9.75. The highest BCUT2D eigenvalue weighted by Gasteiger charge is 2.16. The van der Waals surface area contributed by atoms with Gasteiger partial charge in [0.05, 0.1) is 10.2 Å². The van der Waals surface area contributed by atoms with Gasteiger partial charge in [-0.2, -0.15) is 0 Å². The Morgan fingerprint density at radius 2 is 1.83 bits per heavy atom. The van der Waals surface area contributed by atoms with Gasteiger partial charge in [-0.15, -0.1) is 0 Å². The first-order chi connectivity index (χ1) is 13.9. The third-order valence-electron chi connectivity index (χ3n) is 3.92. The molecular weight excluding hydrogens is 388 g/mol. The maximum absolute atomic E-state index is 12.4. The standard InChI is InChI=1S/C21H20N4O3S/c1-13(22-19(27)11-8-15-6-4-3-5-7-15)20(28)25-21-24-17-10-9-16(23-14(2)26)12-18(17)29-21/h3-13H,1-2H3,(H,22,27)(H,23,26)(H,24,25,28)/b11-8+/t13-/m0/s1. The summed E-state index contributed by atoms with van der Waals surface area (Å²) in [7, 11) is 0. The first kappa shape index (κ1) is 20.2. The predicted octanol–water partition coefficient (Wildman–Crippen LogP) is 3.41. The van der Waals surface area contributed by atoms with Gasteiger partial charge in [0.25, 0.3) is 0 Å². The average Bonchev–Trinajstić information content (AvgIpc) is 3.08. The van der Waals surface area contributed by atoms with Crippen LogP contribution >= 0.6 is 11.3 Å². The van der Waals surface area contributed by atoms with E-state index in [2.05, 4.69) is 20.9 Å². The zero-order chi connectivity index (χ0) is 20.8. The number of amides is 3. The minimum absolute atomic E-state index is 0.159. The van der Waals surface area contributed by atoms with E-state index in [0.717, 1.165) is 10.3 Å². The molecule has 3 aromatic rings. The fourth-order valence-corrected chi connectivity index (χ4v) is 3.44. The molecule has 7 nitrogen and oxygen atoms in total. The number of hydrogen-bond donors (Lipinski definition) is 3. The van der Waals surface area contributed by atoms with Crippen molar-refractivity contribution in [2.45, 2.75) is 19.9 Å². The molecule has 0 unspecified atom stereocenters. The molecule has 1 atom stereocenters. The van der Waals surface area contributed by atoms with E-state index in [1.54, 1.807) is 31.2 Å². The minimum Gasteiger partial charge on any atom is -0.341 e. The highest BCUT2D eigenvalue weighted by Crippen LogP contribution is 2.28. The van der Waals surface area contributed by atoms with Crippen LogP contribution in [0.1, 0.15) is 19.4 Å². The summed E-state index contributed by atoms with van der Waals surface area (Å²) >= 11 is 1.29. The van der Waals surface area contributed by atoms with Gasteiger partial charge in [0, 0.05) is 18.7 Å². The van der Waals surface area contributed by atoms with Crippen LogP contribution < -0.4 is 16.0 Å². The fraction of sp³-hybridized carbons (Fsp3) is 0.143. The van der Waals surface area contributed by atoms with Gasteiger partial charge >= 0.3 is 0 Å². The molecule has 8 heteroatoms. The molecular formula is C21H20N4O3S. The van der Waals surface area contributed by atoms with E-state index in [9.17, 15) is 14.4 Å². The van der Waals surface area contributed by atoms with Crippen molar-refractivity contribution in [2.24, 2.45) is 0 Å². The number of nitrogens with zero attached hydrogens (tertiary/aromatic N) is 1. The normalized spacial score (nSPS) is 11.9. The number of aromatic nitrogens is 1. The number of nitrogens with one attached hydrogen (secondary N) is 3. The Balaban J connectivity index is 1.59. The van der Waals surface area contributed by atoms with Crippen LogP contribution in [0.5, 0.6) is 0 Å². The fourth-order valence-electron chi connectivity index (χ4n) is 2.54. The van der Waals surface area contributed by atoms with Crippen molar-refractivity contribution < 1.29 is 14.4 Å². The van der Waals surface area contributed by atoms with Gasteiger partial charge < -0.3 is 16.0 Å². The Hall–Kier alpha value is -3.52. The van der Waals surface area contributed by atoms with E-state index >= 15 is 0 Å². The molecule has 0 aliphatic carbocycles. The number of fused-ring (bicyclic) bond motifs is 1. The molecule has 0 fully saturated rings. The molecule has 1 aromatic heterocycles. The van der Waals surface area contributed by atoms with E-state index in [4.69, 9.17) is 0 Å². The number of rotatable bonds is 6. The van der Waals surface area contributed by atoms with Gasteiger partial charge in [-0.3, -0.25) is 14.4 Å². The van der Waals surface area contributed by atoms with Crippen molar-refractivity contribution >= 4 is 56.2 Å². The summed E-state index contributed by atoms with van der Waals surface area (Å²) in [6, 6.07) is 14.0. The zero-order valence-corrected chi connectivity index (χ0v) is 16.7. The van der Waals surface area contributed by atoms with E-state index in [0.29, 0.717) is 16.3 Å². The molecule has 148 valence electrons. The van der Waals surface area contributed by atoms with Gasteiger partial charge in [0.1, 0.15) is 6.04 Å². The zero-order valence-electron chi connectivity index (χ0n) is 15.9. The summed E-state index contributed by atoms with van der Waals surface area (Å²) in [5.74, 6) is -0.887. The molecule has 0 spiro atoms. The van der Waals surface area contributed by atoms with E-state index in [-0.39, 0.29) is 17.7 Å². The number of hydrogen-bond acceptors (Lipinski definition) is 5. The van der Waals surface area contributed by atoms with Gasteiger partial charge in [-0.05, 0) is 36.8 Å². The Morgan fingerprint density at radius 1 is 1.07 bits per heavy atom. The average molecular weight is 408 g/mol. The van der Waals surface area contributed by atoms with E-state index in [1.165, 1.54) is 24.3 Å². The van der Waals surface area contributed by atoms with Crippen LogP contribution in [-0.2, 0) is 14.4 Å². The van der Waals surface area contributed by atoms with Gasteiger partial charge in [-0.1, -0.05) is 41.7 Å². The molecule has 3 rings (SSSR count). The lowest BCUT2D eigenvalue weighted by Gasteiger charge is -2.11. The minimum atomic E-state index is -0.732. The maximum Gasteiger partial charge on any atom is 0.248 e. The molecule has 0 aliphatic rings. The highest BCUT2D eigenvalue weighted by atomic mass is 32.1. The second kappa shape index (κ2) is 9.11. The molecule has 0 saturated carbocycles. The summed E-state index contributed by atoms with van der Waals surface area (Å²) in [6.07, 6.45) is 3.07. The quantitative estimate of drug-likeness (QED) is 0.544. The predicted molar refractivity (Wildman–Crippen MR) is 116 cm³/mol. The smallest absolute Gasteiger partial charge is 0.248 e. The van der Waals surface area contributed by atoms with Crippen molar-refractivity contribution in [1.29, 1.82) is 0 Å². The van der Waals surface area contributed by atoms with Crippen molar-refractivity contribution in [3.05, 3.63) is 60.2 Å². The third kappa shape index (κ3) is 5.73. The number of thiazole rings is 1. The second-order valence-electron chi connectivity index (χ2n) is 6.35. The maximum atomic E-state index is 12.4. The highest BCUT2D eigenvalue weighted by molar-refractivity contribution is 7.22. The Labute approximate surface area is 171 Å². The summed E-state index contributed by atoms with van der Waals surface area (Å²) < 4.78 is 0.828. The molecule has 3 N–H and O–H groups in total. The first-order valence-electron chi connectivity index (χ1n) is 8.93. The monoisotopic (exact) mass is 408 g/mol. The van der Waals surface area contributed by atoms with Crippen LogP contribution in [0.4, 0.5) is 10.8 Å². The number of carbonyl (C=O) groups is 3. The SMILES string of the molecule is CC(=O)Nc1ccc2nc(NC(=O)[C@H](C)NC(=O)/C=C/c3ccccc3)sc2c1. The van der Waals surface area contributed by atoms with Crippen molar-refractivity contribution in [3.8, 4) is 0 Å². The molecule has 0 saturated heterocycles. The molecule has 0 aliphatic heterocycles. The summed E-state index contributed by atoms with van der Waals surface area (Å²) in [6.45, 7) is 3.04. The van der Waals surface area contributed by atoms with E-state index < -0.39 is 6.04 Å². The van der Waals surface area contributed by atoms with Gasteiger partial charge in [0.15, 0.2) is 5.13 Å².